The molecule has 1 radical (unpaired) electrons. The average molecular weight is 145 g/mol. The molecule has 0 saturated heterocycles. The van der Waals surface area contributed by atoms with Gasteiger partial charge in [-0.1, -0.05) is 0 Å². The van der Waals surface area contributed by atoms with Crippen molar-refractivity contribution < 1.29 is 0 Å². The summed E-state index contributed by atoms with van der Waals surface area (Å²) < 4.78 is 1.70. The molecule has 0 aromatic carbocycles. The first-order valence-electron chi connectivity index (χ1n) is 3.15. The van der Waals surface area contributed by atoms with Gasteiger partial charge in [0.15, 0.2) is 0 Å². The summed E-state index contributed by atoms with van der Waals surface area (Å²) in [5, 5.41) is 7.20. The number of pyridine rings is 1. The zero-order valence-corrected chi connectivity index (χ0v) is 5.68. The van der Waals surface area contributed by atoms with E-state index in [-0.39, 0.29) is 0 Å². The molecule has 4 heteroatoms. The fourth-order valence-corrected chi connectivity index (χ4v) is 0.806. The van der Waals surface area contributed by atoms with Gasteiger partial charge in [0.1, 0.15) is 6.33 Å². The van der Waals surface area contributed by atoms with Gasteiger partial charge in [0.05, 0.1) is 5.69 Å². The molecule has 0 saturated carbocycles. The minimum Gasteiger partial charge on any atom is -0.279 e. The Balaban J connectivity index is 2.46. The topological polar surface area (TPSA) is 43.6 Å². The van der Waals surface area contributed by atoms with E-state index in [2.05, 4.69) is 21.5 Å². The molecule has 0 aliphatic heterocycles. The normalized spacial score (nSPS) is 9.82. The monoisotopic (exact) mass is 145 g/mol. The van der Waals surface area contributed by atoms with Crippen LogP contribution in [0.15, 0.2) is 30.9 Å². The number of hydrogen-bond donors (Lipinski definition) is 0. The molecule has 0 aliphatic rings. The van der Waals surface area contributed by atoms with Crippen LogP contribution in [0, 0.1) is 6.33 Å². The fourth-order valence-electron chi connectivity index (χ4n) is 0.806. The summed E-state index contributed by atoms with van der Waals surface area (Å²) in [5.41, 5.74) is 0.963. The molecular formula is C7H5N4. The standard InChI is InChI=1S/C7H5N4/c1-3-8-4-2-7(1)11-5-9-10-6-11/h1-5H. The molecule has 0 atom stereocenters. The van der Waals surface area contributed by atoms with E-state index in [0.717, 1.165) is 5.69 Å². The summed E-state index contributed by atoms with van der Waals surface area (Å²) in [6, 6.07) is 3.72. The van der Waals surface area contributed by atoms with Crippen LogP contribution in [0.5, 0.6) is 0 Å². The second-order valence-electron chi connectivity index (χ2n) is 2.01. The first kappa shape index (κ1) is 6.03. The van der Waals surface area contributed by atoms with Crippen molar-refractivity contribution in [3.8, 4) is 5.69 Å². The van der Waals surface area contributed by atoms with Crippen LogP contribution in [0.1, 0.15) is 0 Å². The molecule has 11 heavy (non-hydrogen) atoms. The van der Waals surface area contributed by atoms with Crippen LogP contribution in [0.25, 0.3) is 5.69 Å². The molecular weight excluding hydrogens is 140 g/mol. The Morgan fingerprint density at radius 3 is 2.73 bits per heavy atom. The number of aromatic nitrogens is 4. The lowest BCUT2D eigenvalue weighted by Gasteiger charge is -1.95. The van der Waals surface area contributed by atoms with Crippen LogP contribution in [0.2, 0.25) is 0 Å². The van der Waals surface area contributed by atoms with Crippen molar-refractivity contribution in [2.45, 2.75) is 0 Å². The third-order valence-electron chi connectivity index (χ3n) is 1.32. The third-order valence-corrected chi connectivity index (χ3v) is 1.32. The van der Waals surface area contributed by atoms with Crippen LogP contribution in [-0.2, 0) is 0 Å². The predicted molar refractivity (Wildman–Crippen MR) is 38.0 cm³/mol. The smallest absolute Gasteiger partial charge is 0.206 e. The largest absolute Gasteiger partial charge is 0.279 e. The number of hydrogen-bond acceptors (Lipinski definition) is 3. The van der Waals surface area contributed by atoms with E-state index >= 15 is 0 Å². The molecule has 0 aliphatic carbocycles. The number of nitrogens with zero attached hydrogens (tertiary/aromatic N) is 4. The van der Waals surface area contributed by atoms with Gasteiger partial charge in [-0.15, -0.1) is 10.2 Å². The van der Waals surface area contributed by atoms with Crippen molar-refractivity contribution in [3.63, 3.8) is 0 Å². The Kier molecular flexibility index (Phi) is 1.37. The second kappa shape index (κ2) is 2.49. The number of rotatable bonds is 1. The molecule has 4 nitrogen and oxygen atoms in total. The Morgan fingerprint density at radius 2 is 2.09 bits per heavy atom. The van der Waals surface area contributed by atoms with Crippen molar-refractivity contribution in [3.05, 3.63) is 37.2 Å². The van der Waals surface area contributed by atoms with Gasteiger partial charge < -0.3 is 0 Å². The SMILES string of the molecule is [c]1nncn1-c1ccncc1. The molecule has 0 unspecified atom stereocenters. The van der Waals surface area contributed by atoms with E-state index < -0.39 is 0 Å². The molecule has 0 N–H and O–H groups in total. The van der Waals surface area contributed by atoms with E-state index in [0.29, 0.717) is 0 Å². The Labute approximate surface area is 63.5 Å². The summed E-state index contributed by atoms with van der Waals surface area (Å²) >= 11 is 0. The van der Waals surface area contributed by atoms with Gasteiger partial charge in [-0.2, -0.15) is 0 Å². The van der Waals surface area contributed by atoms with E-state index in [1.54, 1.807) is 23.3 Å². The minimum atomic E-state index is 0.963. The van der Waals surface area contributed by atoms with Crippen LogP contribution in [0.3, 0.4) is 0 Å². The Bertz CT molecular complexity index is 313. The second-order valence-corrected chi connectivity index (χ2v) is 2.01. The van der Waals surface area contributed by atoms with Crippen LogP contribution in [0.4, 0.5) is 0 Å². The minimum absolute atomic E-state index is 0.963. The molecule has 53 valence electrons. The highest BCUT2D eigenvalue weighted by atomic mass is 15.2. The lowest BCUT2D eigenvalue weighted by Crippen LogP contribution is -1.89. The fraction of sp³-hybridized carbons (Fsp3) is 0. The highest BCUT2D eigenvalue weighted by molar-refractivity contribution is 5.26. The zero-order valence-electron chi connectivity index (χ0n) is 5.68. The maximum atomic E-state index is 3.89. The molecule has 0 amide bonds. The molecule has 2 aromatic rings. The summed E-state index contributed by atoms with van der Waals surface area (Å²) in [7, 11) is 0. The van der Waals surface area contributed by atoms with E-state index in [1.807, 2.05) is 12.1 Å². The van der Waals surface area contributed by atoms with Crippen molar-refractivity contribution in [1.29, 1.82) is 0 Å². The van der Waals surface area contributed by atoms with Gasteiger partial charge in [0.25, 0.3) is 0 Å². The maximum Gasteiger partial charge on any atom is 0.206 e. The highest BCUT2D eigenvalue weighted by Crippen LogP contribution is 2.01. The third kappa shape index (κ3) is 1.10. The summed E-state index contributed by atoms with van der Waals surface area (Å²) in [5.74, 6) is 0. The molecule has 2 heterocycles. The van der Waals surface area contributed by atoms with E-state index in [4.69, 9.17) is 0 Å². The molecule has 0 fully saturated rings. The van der Waals surface area contributed by atoms with Gasteiger partial charge in [-0.25, -0.2) is 0 Å². The van der Waals surface area contributed by atoms with Gasteiger partial charge in [-0.05, 0) is 12.1 Å². The predicted octanol–water partition coefficient (Wildman–Crippen LogP) is 0.462. The summed E-state index contributed by atoms with van der Waals surface area (Å²) in [6.07, 6.45) is 7.70. The first-order valence-corrected chi connectivity index (χ1v) is 3.15. The van der Waals surface area contributed by atoms with Crippen molar-refractivity contribution in [2.24, 2.45) is 0 Å². The van der Waals surface area contributed by atoms with Gasteiger partial charge in [-0.3, -0.25) is 9.55 Å². The molecule has 2 rings (SSSR count). The van der Waals surface area contributed by atoms with Crippen LogP contribution in [-0.4, -0.2) is 19.7 Å². The Morgan fingerprint density at radius 1 is 1.27 bits per heavy atom. The van der Waals surface area contributed by atoms with Crippen LogP contribution < -0.4 is 0 Å². The lowest BCUT2D eigenvalue weighted by molar-refractivity contribution is 1.03. The van der Waals surface area contributed by atoms with Gasteiger partial charge in [0, 0.05) is 12.4 Å². The first-order chi connectivity index (χ1) is 5.47. The zero-order chi connectivity index (χ0) is 7.52. The molecule has 2 aromatic heterocycles. The maximum absolute atomic E-state index is 3.89. The van der Waals surface area contributed by atoms with Crippen molar-refractivity contribution in [1.82, 2.24) is 19.7 Å². The van der Waals surface area contributed by atoms with Crippen molar-refractivity contribution in [2.75, 3.05) is 0 Å². The summed E-state index contributed by atoms with van der Waals surface area (Å²) in [6.45, 7) is 0. The lowest BCUT2D eigenvalue weighted by atomic mass is 10.4. The van der Waals surface area contributed by atoms with E-state index in [9.17, 15) is 0 Å². The summed E-state index contributed by atoms with van der Waals surface area (Å²) in [4.78, 5) is 3.89. The Hall–Kier alpha value is -1.71. The highest BCUT2D eigenvalue weighted by Gasteiger charge is 1.92. The van der Waals surface area contributed by atoms with Gasteiger partial charge in [0.2, 0.25) is 6.33 Å². The van der Waals surface area contributed by atoms with E-state index in [1.165, 1.54) is 0 Å². The quantitative estimate of drug-likeness (QED) is 0.585. The molecule has 0 bridgehead atoms. The van der Waals surface area contributed by atoms with Gasteiger partial charge >= 0.3 is 0 Å². The van der Waals surface area contributed by atoms with Crippen molar-refractivity contribution >= 4 is 0 Å². The van der Waals surface area contributed by atoms with Crippen LogP contribution >= 0.6 is 0 Å². The average Bonchev–Trinajstić information content (AvgIpc) is 2.58. The molecule has 0 spiro atoms.